The molecule has 1 N–H and O–H groups in total. The lowest BCUT2D eigenvalue weighted by molar-refractivity contribution is -0.122. The second-order valence-electron chi connectivity index (χ2n) is 7.60. The molecule has 1 saturated heterocycles. The largest absolute Gasteiger partial charge is 0.490 e. The fourth-order valence-corrected chi connectivity index (χ4v) is 3.97. The molecular weight excluding hydrogens is 508 g/mol. The van der Waals surface area contributed by atoms with E-state index in [9.17, 15) is 14.4 Å². The third-order valence-corrected chi connectivity index (χ3v) is 5.84. The predicted molar refractivity (Wildman–Crippen MR) is 127 cm³/mol. The van der Waals surface area contributed by atoms with Crippen molar-refractivity contribution in [1.29, 1.82) is 0 Å². The molecule has 178 valence electrons. The van der Waals surface area contributed by atoms with E-state index in [2.05, 4.69) is 21.2 Å². The van der Waals surface area contributed by atoms with E-state index in [-0.39, 0.29) is 24.2 Å². The number of hydrogen-bond acceptors (Lipinski definition) is 7. The van der Waals surface area contributed by atoms with Crippen LogP contribution in [0.15, 0.2) is 40.4 Å². The van der Waals surface area contributed by atoms with Gasteiger partial charge in [0, 0.05) is 6.07 Å². The Morgan fingerprint density at radius 3 is 2.65 bits per heavy atom. The van der Waals surface area contributed by atoms with Crippen LogP contribution < -0.4 is 29.2 Å². The van der Waals surface area contributed by atoms with E-state index in [1.165, 1.54) is 12.1 Å². The number of imide groups is 2. The number of ether oxygens (including phenoxy) is 4. The molecule has 34 heavy (non-hydrogen) atoms. The van der Waals surface area contributed by atoms with Crippen LogP contribution in [0.25, 0.3) is 6.08 Å². The van der Waals surface area contributed by atoms with E-state index in [4.69, 9.17) is 18.9 Å². The topological polar surface area (TPSA) is 103 Å². The maximum atomic E-state index is 13.2. The van der Waals surface area contributed by atoms with Gasteiger partial charge in [-0.05, 0) is 72.1 Å². The molecule has 4 amide bonds. The smallest absolute Gasteiger partial charge is 0.335 e. The molecule has 0 bridgehead atoms. The van der Waals surface area contributed by atoms with Crippen molar-refractivity contribution in [2.75, 3.05) is 18.3 Å². The van der Waals surface area contributed by atoms with Crippen molar-refractivity contribution in [3.8, 4) is 23.0 Å². The third kappa shape index (κ3) is 4.58. The first-order valence-corrected chi connectivity index (χ1v) is 11.6. The highest BCUT2D eigenvalue weighted by Crippen LogP contribution is 2.39. The molecule has 4 rings (SSSR count). The Balaban J connectivity index is 1.70. The van der Waals surface area contributed by atoms with E-state index in [0.717, 1.165) is 11.3 Å². The quantitative estimate of drug-likeness (QED) is 0.417. The number of anilines is 1. The summed E-state index contributed by atoms with van der Waals surface area (Å²) in [7, 11) is 0. The Morgan fingerprint density at radius 1 is 1.15 bits per heavy atom. The van der Waals surface area contributed by atoms with Crippen LogP contribution in [0.1, 0.15) is 32.8 Å². The van der Waals surface area contributed by atoms with Crippen LogP contribution in [0.4, 0.5) is 10.5 Å². The monoisotopic (exact) mass is 530 g/mol. The Kier molecular flexibility index (Phi) is 6.78. The standard InChI is InChI=1S/C24H23BrN2O7/c1-4-13(3)34-21-17(25)9-14(10-20(21)31-5-2)8-16-22(28)26-24(30)27(23(16)29)15-6-7-18-19(11-15)33-12-32-18/h6-11,13H,4-5,12H2,1-3H3,(H,26,28,30)/b16-8+/t13-/m0/s1. The number of nitrogens with one attached hydrogen (secondary N) is 1. The number of halogens is 1. The second-order valence-corrected chi connectivity index (χ2v) is 8.45. The predicted octanol–water partition coefficient (Wildman–Crippen LogP) is 4.42. The van der Waals surface area contributed by atoms with Gasteiger partial charge >= 0.3 is 6.03 Å². The highest BCUT2D eigenvalue weighted by molar-refractivity contribution is 9.10. The zero-order chi connectivity index (χ0) is 24.4. The van der Waals surface area contributed by atoms with E-state index in [1.54, 1.807) is 24.3 Å². The van der Waals surface area contributed by atoms with E-state index in [0.29, 0.717) is 39.6 Å². The summed E-state index contributed by atoms with van der Waals surface area (Å²) in [6.07, 6.45) is 2.18. The molecule has 0 spiro atoms. The van der Waals surface area contributed by atoms with E-state index < -0.39 is 17.8 Å². The zero-order valence-electron chi connectivity index (χ0n) is 18.8. The van der Waals surface area contributed by atoms with E-state index in [1.807, 2.05) is 20.8 Å². The van der Waals surface area contributed by atoms with Gasteiger partial charge in [-0.25, -0.2) is 9.69 Å². The molecule has 1 atom stereocenters. The summed E-state index contributed by atoms with van der Waals surface area (Å²) < 4.78 is 22.9. The summed E-state index contributed by atoms with van der Waals surface area (Å²) in [4.78, 5) is 39.2. The van der Waals surface area contributed by atoms with Crippen LogP contribution in [-0.4, -0.2) is 37.3 Å². The number of nitrogens with zero attached hydrogens (tertiary/aromatic N) is 1. The number of hydrogen-bond donors (Lipinski definition) is 1. The minimum atomic E-state index is -0.848. The van der Waals surface area contributed by atoms with Gasteiger partial charge in [-0.1, -0.05) is 6.92 Å². The zero-order valence-corrected chi connectivity index (χ0v) is 20.4. The number of rotatable bonds is 7. The van der Waals surface area contributed by atoms with Gasteiger partial charge in [0.15, 0.2) is 23.0 Å². The van der Waals surface area contributed by atoms with Crippen LogP contribution >= 0.6 is 15.9 Å². The molecule has 9 nitrogen and oxygen atoms in total. The second kappa shape index (κ2) is 9.76. The Morgan fingerprint density at radius 2 is 1.91 bits per heavy atom. The fraction of sp³-hybridized carbons (Fsp3) is 0.292. The van der Waals surface area contributed by atoms with Crippen molar-refractivity contribution in [3.05, 3.63) is 45.9 Å². The molecule has 10 heteroatoms. The van der Waals surface area contributed by atoms with Gasteiger partial charge in [0.25, 0.3) is 11.8 Å². The lowest BCUT2D eigenvalue weighted by Gasteiger charge is -2.26. The maximum absolute atomic E-state index is 13.2. The van der Waals surface area contributed by atoms with Gasteiger partial charge in [0.1, 0.15) is 5.57 Å². The molecule has 0 aromatic heterocycles. The molecule has 0 saturated carbocycles. The van der Waals surface area contributed by atoms with Gasteiger partial charge in [0.05, 0.1) is 22.9 Å². The summed E-state index contributed by atoms with van der Waals surface area (Å²) in [5, 5.41) is 2.22. The normalized spacial score (nSPS) is 17.1. The average Bonchev–Trinajstić information content (AvgIpc) is 3.27. The van der Waals surface area contributed by atoms with Crippen LogP contribution in [0, 0.1) is 0 Å². The Bertz CT molecular complexity index is 1190. The summed E-state index contributed by atoms with van der Waals surface area (Å²) in [5.74, 6) is 0.366. The molecule has 2 heterocycles. The van der Waals surface area contributed by atoms with E-state index >= 15 is 0 Å². The van der Waals surface area contributed by atoms with Crippen LogP contribution in [0.5, 0.6) is 23.0 Å². The van der Waals surface area contributed by atoms with Crippen molar-refractivity contribution >= 4 is 45.5 Å². The van der Waals surface area contributed by atoms with Crippen LogP contribution in [0.2, 0.25) is 0 Å². The number of benzene rings is 2. The molecule has 1 fully saturated rings. The number of carbonyl (C=O) groups excluding carboxylic acids is 3. The molecular formula is C24H23BrN2O7. The highest BCUT2D eigenvalue weighted by Gasteiger charge is 2.37. The maximum Gasteiger partial charge on any atom is 0.335 e. The molecule has 2 aromatic carbocycles. The van der Waals surface area contributed by atoms with Gasteiger partial charge in [-0.2, -0.15) is 0 Å². The molecule has 0 radical (unpaired) electrons. The van der Waals surface area contributed by atoms with Crippen molar-refractivity contribution in [1.82, 2.24) is 5.32 Å². The van der Waals surface area contributed by atoms with Gasteiger partial charge in [0.2, 0.25) is 6.79 Å². The fourth-order valence-electron chi connectivity index (χ4n) is 3.42. The number of carbonyl (C=O) groups is 3. The lowest BCUT2D eigenvalue weighted by atomic mass is 10.1. The summed E-state index contributed by atoms with van der Waals surface area (Å²) >= 11 is 3.50. The number of barbiturate groups is 1. The van der Waals surface area contributed by atoms with Crippen molar-refractivity contribution in [3.63, 3.8) is 0 Å². The van der Waals surface area contributed by atoms with Crippen molar-refractivity contribution < 1.29 is 33.3 Å². The minimum Gasteiger partial charge on any atom is -0.490 e. The SMILES string of the molecule is CCOc1cc(/C=C2\C(=O)NC(=O)N(c3ccc4c(c3)OCO4)C2=O)cc(Br)c1O[C@@H](C)CC. The van der Waals surface area contributed by atoms with Crippen LogP contribution in [-0.2, 0) is 9.59 Å². The van der Waals surface area contributed by atoms with Crippen molar-refractivity contribution in [2.45, 2.75) is 33.3 Å². The molecule has 2 aliphatic rings. The first-order valence-electron chi connectivity index (χ1n) is 10.8. The summed E-state index contributed by atoms with van der Waals surface area (Å²) in [6, 6.07) is 7.20. The number of urea groups is 1. The number of fused-ring (bicyclic) bond motifs is 1. The lowest BCUT2D eigenvalue weighted by Crippen LogP contribution is -2.54. The van der Waals surface area contributed by atoms with Crippen molar-refractivity contribution in [2.24, 2.45) is 0 Å². The van der Waals surface area contributed by atoms with Crippen LogP contribution in [0.3, 0.4) is 0 Å². The Hall–Kier alpha value is -3.53. The summed E-state index contributed by atoms with van der Waals surface area (Å²) in [6.45, 7) is 6.26. The summed E-state index contributed by atoms with van der Waals surface area (Å²) in [5.41, 5.74) is 0.561. The first kappa shape index (κ1) is 23.6. The van der Waals surface area contributed by atoms with Gasteiger partial charge < -0.3 is 18.9 Å². The molecule has 0 unspecified atom stereocenters. The van der Waals surface area contributed by atoms with Gasteiger partial charge in [-0.15, -0.1) is 0 Å². The minimum absolute atomic E-state index is 0.0355. The molecule has 2 aliphatic heterocycles. The first-order chi connectivity index (χ1) is 16.3. The third-order valence-electron chi connectivity index (χ3n) is 5.25. The molecule has 0 aliphatic carbocycles. The highest BCUT2D eigenvalue weighted by atomic mass is 79.9. The molecule has 2 aromatic rings. The van der Waals surface area contributed by atoms with Gasteiger partial charge in [-0.3, -0.25) is 14.9 Å². The number of amides is 4. The Labute approximate surface area is 204 Å². The average molecular weight is 531 g/mol.